The third kappa shape index (κ3) is 5.99. The van der Waals surface area contributed by atoms with Crippen molar-refractivity contribution in [1.29, 1.82) is 0 Å². The Morgan fingerprint density at radius 3 is 2.40 bits per heavy atom. The molecule has 0 radical (unpaired) electrons. The Morgan fingerprint density at radius 1 is 1.47 bits per heavy atom. The lowest BCUT2D eigenvalue weighted by molar-refractivity contribution is -0.149. The molecule has 0 heterocycles. The van der Waals surface area contributed by atoms with Crippen LogP contribution in [-0.2, 0) is 24.3 Å². The SMILES string of the molecule is COC(=O)C(O)CNS(=O)(=O)CC(=O)O. The number of sulfonamides is 1. The van der Waals surface area contributed by atoms with E-state index < -0.39 is 40.4 Å². The molecule has 0 aromatic carbocycles. The van der Waals surface area contributed by atoms with E-state index in [1.807, 2.05) is 0 Å². The number of carboxylic acid groups (broad SMARTS) is 1. The van der Waals surface area contributed by atoms with E-state index in [1.54, 1.807) is 4.72 Å². The summed E-state index contributed by atoms with van der Waals surface area (Å²) in [6, 6.07) is 0. The summed E-state index contributed by atoms with van der Waals surface area (Å²) in [6.45, 7) is -0.623. The van der Waals surface area contributed by atoms with Gasteiger partial charge >= 0.3 is 11.9 Å². The van der Waals surface area contributed by atoms with Crippen molar-refractivity contribution in [3.8, 4) is 0 Å². The fourth-order valence-electron chi connectivity index (χ4n) is 0.639. The molecule has 0 bridgehead atoms. The standard InChI is InChI=1S/C6H11NO7S/c1-14-6(11)4(8)2-7-15(12,13)3-5(9)10/h4,7-8H,2-3H2,1H3,(H,9,10). The number of rotatable bonds is 6. The van der Waals surface area contributed by atoms with Crippen LogP contribution in [-0.4, -0.2) is 56.1 Å². The second-order valence-corrected chi connectivity index (χ2v) is 4.35. The largest absolute Gasteiger partial charge is 0.480 e. The fraction of sp³-hybridized carbons (Fsp3) is 0.667. The van der Waals surface area contributed by atoms with Gasteiger partial charge in [-0.05, 0) is 0 Å². The van der Waals surface area contributed by atoms with Crippen molar-refractivity contribution in [2.75, 3.05) is 19.4 Å². The number of carbonyl (C=O) groups excluding carboxylic acids is 1. The average Bonchev–Trinajstić information content (AvgIpc) is 2.11. The maximum Gasteiger partial charge on any atom is 0.336 e. The molecule has 0 saturated heterocycles. The molecule has 0 aliphatic rings. The van der Waals surface area contributed by atoms with Gasteiger partial charge in [0.05, 0.1) is 7.11 Å². The van der Waals surface area contributed by atoms with Gasteiger partial charge in [-0.25, -0.2) is 17.9 Å². The van der Waals surface area contributed by atoms with Crippen molar-refractivity contribution >= 4 is 22.0 Å². The number of carboxylic acids is 1. The molecule has 1 unspecified atom stereocenters. The molecule has 0 spiro atoms. The van der Waals surface area contributed by atoms with E-state index in [2.05, 4.69) is 4.74 Å². The summed E-state index contributed by atoms with van der Waals surface area (Å²) < 4.78 is 27.7. The topological polar surface area (TPSA) is 130 Å². The van der Waals surface area contributed by atoms with E-state index in [9.17, 15) is 18.0 Å². The fourth-order valence-corrected chi connectivity index (χ4v) is 1.48. The molecule has 0 amide bonds. The van der Waals surface area contributed by atoms with E-state index in [1.165, 1.54) is 0 Å². The summed E-state index contributed by atoms with van der Waals surface area (Å²) >= 11 is 0. The smallest absolute Gasteiger partial charge is 0.336 e. The van der Waals surface area contributed by atoms with E-state index in [0.717, 1.165) is 7.11 Å². The third-order valence-corrected chi connectivity index (χ3v) is 2.52. The van der Waals surface area contributed by atoms with Gasteiger partial charge < -0.3 is 14.9 Å². The van der Waals surface area contributed by atoms with E-state index in [-0.39, 0.29) is 0 Å². The second kappa shape index (κ2) is 5.63. The van der Waals surface area contributed by atoms with Gasteiger partial charge in [0.15, 0.2) is 11.9 Å². The van der Waals surface area contributed by atoms with Crippen LogP contribution in [0.3, 0.4) is 0 Å². The average molecular weight is 241 g/mol. The molecule has 88 valence electrons. The number of aliphatic hydroxyl groups is 1. The Bertz CT molecular complexity index is 335. The number of methoxy groups -OCH3 is 1. The number of ether oxygens (including phenoxy) is 1. The number of nitrogens with one attached hydrogen (secondary N) is 1. The molecule has 8 nitrogen and oxygen atoms in total. The van der Waals surface area contributed by atoms with Crippen LogP contribution in [0.15, 0.2) is 0 Å². The molecule has 0 saturated carbocycles. The van der Waals surface area contributed by atoms with Gasteiger partial charge in [-0.2, -0.15) is 0 Å². The lowest BCUT2D eigenvalue weighted by Gasteiger charge is -2.08. The van der Waals surface area contributed by atoms with Gasteiger partial charge in [0.1, 0.15) is 0 Å². The number of aliphatic hydroxyl groups excluding tert-OH is 1. The quantitative estimate of drug-likeness (QED) is 0.439. The number of aliphatic carboxylic acids is 1. The summed E-state index contributed by atoms with van der Waals surface area (Å²) in [5.74, 6) is -3.66. The van der Waals surface area contributed by atoms with Crippen LogP contribution in [0.1, 0.15) is 0 Å². The molecule has 0 aliphatic carbocycles. The Kier molecular flexibility index (Phi) is 5.19. The van der Waals surface area contributed by atoms with Crippen LogP contribution < -0.4 is 4.72 Å². The molecule has 1 atom stereocenters. The van der Waals surface area contributed by atoms with Crippen molar-refractivity contribution in [3.05, 3.63) is 0 Å². The van der Waals surface area contributed by atoms with E-state index in [4.69, 9.17) is 10.2 Å². The molecular formula is C6H11NO7S. The highest BCUT2D eigenvalue weighted by Gasteiger charge is 2.20. The first-order chi connectivity index (χ1) is 6.78. The highest BCUT2D eigenvalue weighted by molar-refractivity contribution is 7.90. The van der Waals surface area contributed by atoms with Crippen LogP contribution in [0.2, 0.25) is 0 Å². The summed E-state index contributed by atoms with van der Waals surface area (Å²) in [7, 11) is -3.01. The first-order valence-corrected chi connectivity index (χ1v) is 5.38. The molecule has 0 aliphatic heterocycles. The number of carbonyl (C=O) groups is 2. The van der Waals surface area contributed by atoms with Crippen molar-refractivity contribution in [1.82, 2.24) is 4.72 Å². The predicted molar refractivity (Wildman–Crippen MR) is 47.4 cm³/mol. The third-order valence-electron chi connectivity index (χ3n) is 1.28. The zero-order valence-electron chi connectivity index (χ0n) is 7.84. The minimum absolute atomic E-state index is 0.623. The Morgan fingerprint density at radius 2 is 2.00 bits per heavy atom. The van der Waals surface area contributed by atoms with Crippen LogP contribution in [0.25, 0.3) is 0 Å². The molecule has 0 aromatic rings. The summed E-state index contributed by atoms with van der Waals surface area (Å²) in [6.07, 6.45) is -1.65. The lowest BCUT2D eigenvalue weighted by Crippen LogP contribution is -2.39. The number of esters is 1. The van der Waals surface area contributed by atoms with Gasteiger partial charge in [0.2, 0.25) is 10.0 Å². The maximum atomic E-state index is 10.9. The zero-order valence-corrected chi connectivity index (χ0v) is 8.65. The molecule has 0 aromatic heterocycles. The van der Waals surface area contributed by atoms with Crippen LogP contribution in [0.5, 0.6) is 0 Å². The highest BCUT2D eigenvalue weighted by atomic mass is 32.2. The van der Waals surface area contributed by atoms with Gasteiger partial charge in [0, 0.05) is 6.54 Å². The first-order valence-electron chi connectivity index (χ1n) is 3.73. The minimum Gasteiger partial charge on any atom is -0.480 e. The second-order valence-electron chi connectivity index (χ2n) is 2.54. The van der Waals surface area contributed by atoms with Crippen LogP contribution in [0, 0.1) is 0 Å². The Labute approximate surface area is 85.9 Å². The van der Waals surface area contributed by atoms with Gasteiger partial charge in [-0.15, -0.1) is 0 Å². The predicted octanol–water partition coefficient (Wildman–Crippen LogP) is -2.48. The van der Waals surface area contributed by atoms with Crippen LogP contribution in [0.4, 0.5) is 0 Å². The van der Waals surface area contributed by atoms with Gasteiger partial charge in [0.25, 0.3) is 0 Å². The molecule has 9 heteroatoms. The number of hydrogen-bond acceptors (Lipinski definition) is 6. The van der Waals surface area contributed by atoms with Gasteiger partial charge in [-0.1, -0.05) is 0 Å². The van der Waals surface area contributed by atoms with Crippen molar-refractivity contribution in [2.45, 2.75) is 6.10 Å². The van der Waals surface area contributed by atoms with Crippen molar-refractivity contribution < 1.29 is 33.0 Å². The molecule has 3 N–H and O–H groups in total. The normalized spacial score (nSPS) is 13.2. The summed E-state index contributed by atoms with van der Waals surface area (Å²) in [5.41, 5.74) is 0. The molecule has 15 heavy (non-hydrogen) atoms. The summed E-state index contributed by atoms with van der Waals surface area (Å²) in [4.78, 5) is 20.7. The summed E-state index contributed by atoms with van der Waals surface area (Å²) in [5, 5.41) is 17.2. The van der Waals surface area contributed by atoms with Crippen molar-refractivity contribution in [3.63, 3.8) is 0 Å². The Balaban J connectivity index is 4.15. The monoisotopic (exact) mass is 241 g/mol. The molecule has 0 rings (SSSR count). The minimum atomic E-state index is -4.03. The zero-order chi connectivity index (χ0) is 12.1. The van der Waals surface area contributed by atoms with E-state index >= 15 is 0 Å². The molecular weight excluding hydrogens is 230 g/mol. The lowest BCUT2D eigenvalue weighted by atomic mass is 10.4. The number of hydrogen-bond donors (Lipinski definition) is 3. The van der Waals surface area contributed by atoms with E-state index in [0.29, 0.717) is 0 Å². The maximum absolute atomic E-state index is 10.9. The molecule has 0 fully saturated rings. The van der Waals surface area contributed by atoms with Crippen LogP contribution >= 0.6 is 0 Å². The Hall–Kier alpha value is -1.19. The van der Waals surface area contributed by atoms with Gasteiger partial charge in [-0.3, -0.25) is 4.79 Å². The van der Waals surface area contributed by atoms with Crippen molar-refractivity contribution in [2.24, 2.45) is 0 Å². The highest BCUT2D eigenvalue weighted by Crippen LogP contribution is 1.89. The first kappa shape index (κ1) is 13.8.